The van der Waals surface area contributed by atoms with Crippen molar-refractivity contribution in [1.29, 1.82) is 0 Å². The first-order chi connectivity index (χ1) is 13.5. The highest BCUT2D eigenvalue weighted by molar-refractivity contribution is 6.02. The second kappa shape index (κ2) is 8.34. The maximum Gasteiger partial charge on any atom is 0.276 e. The minimum absolute atomic E-state index is 0.0588. The van der Waals surface area contributed by atoms with Crippen molar-refractivity contribution >= 4 is 11.6 Å². The van der Waals surface area contributed by atoms with Crippen LogP contribution in [0.4, 0.5) is 10.1 Å². The molecule has 0 atom stereocenters. The first kappa shape index (κ1) is 19.1. The Bertz CT molecular complexity index is 1030. The minimum Gasteiger partial charge on any atom is -0.497 e. The third kappa shape index (κ3) is 4.53. The lowest BCUT2D eigenvalue weighted by Crippen LogP contribution is -2.26. The predicted octanol–water partition coefficient (Wildman–Crippen LogP) is 2.70. The summed E-state index contributed by atoms with van der Waals surface area (Å²) in [5, 5.41) is 6.81. The van der Waals surface area contributed by atoms with Gasteiger partial charge in [-0.2, -0.15) is 5.10 Å². The zero-order valence-electron chi connectivity index (χ0n) is 15.3. The molecule has 1 N–H and O–H groups in total. The van der Waals surface area contributed by atoms with Crippen molar-refractivity contribution in [3.63, 3.8) is 0 Å². The molecule has 8 heteroatoms. The number of hydrogen-bond acceptors (Lipinski definition) is 5. The lowest BCUT2D eigenvalue weighted by atomic mass is 10.2. The number of carbonyl (C=O) groups excluding carboxylic acids is 1. The molecule has 0 saturated heterocycles. The van der Waals surface area contributed by atoms with Crippen LogP contribution in [-0.2, 0) is 6.54 Å². The number of rotatable bonds is 6. The molecular formula is C20H18FN3O4. The number of anilines is 1. The molecule has 0 spiro atoms. The molecule has 1 aromatic heterocycles. The minimum atomic E-state index is -0.497. The van der Waals surface area contributed by atoms with E-state index in [0.29, 0.717) is 22.7 Å². The number of ether oxygens (including phenoxy) is 2. The van der Waals surface area contributed by atoms with Crippen LogP contribution in [-0.4, -0.2) is 29.9 Å². The van der Waals surface area contributed by atoms with Gasteiger partial charge in [0.05, 0.1) is 20.8 Å². The van der Waals surface area contributed by atoms with Gasteiger partial charge < -0.3 is 14.8 Å². The smallest absolute Gasteiger partial charge is 0.276 e. The zero-order chi connectivity index (χ0) is 20.1. The number of methoxy groups -OCH3 is 2. The van der Waals surface area contributed by atoms with Crippen molar-refractivity contribution in [2.45, 2.75) is 6.54 Å². The molecular weight excluding hydrogens is 365 g/mol. The largest absolute Gasteiger partial charge is 0.497 e. The topological polar surface area (TPSA) is 82.5 Å². The number of nitrogens with one attached hydrogen (secondary N) is 1. The quantitative estimate of drug-likeness (QED) is 0.708. The summed E-state index contributed by atoms with van der Waals surface area (Å²) in [6, 6.07) is 13.3. The van der Waals surface area contributed by atoms with E-state index in [9.17, 15) is 14.0 Å². The lowest BCUT2D eigenvalue weighted by Gasteiger charge is -2.10. The zero-order valence-corrected chi connectivity index (χ0v) is 15.3. The first-order valence-electron chi connectivity index (χ1n) is 8.35. The van der Waals surface area contributed by atoms with E-state index in [1.165, 1.54) is 38.5 Å². The summed E-state index contributed by atoms with van der Waals surface area (Å²) in [6.07, 6.45) is 0. The predicted molar refractivity (Wildman–Crippen MR) is 101 cm³/mol. The molecule has 0 aliphatic carbocycles. The van der Waals surface area contributed by atoms with Gasteiger partial charge in [-0.3, -0.25) is 9.59 Å². The summed E-state index contributed by atoms with van der Waals surface area (Å²) in [6.45, 7) is 0.118. The Morgan fingerprint density at radius 1 is 1.04 bits per heavy atom. The van der Waals surface area contributed by atoms with Gasteiger partial charge in [-0.1, -0.05) is 12.1 Å². The summed E-state index contributed by atoms with van der Waals surface area (Å²) >= 11 is 0. The van der Waals surface area contributed by atoms with Gasteiger partial charge in [-0.25, -0.2) is 9.07 Å². The highest BCUT2D eigenvalue weighted by Gasteiger charge is 2.12. The lowest BCUT2D eigenvalue weighted by molar-refractivity contribution is 0.102. The highest BCUT2D eigenvalue weighted by Crippen LogP contribution is 2.25. The van der Waals surface area contributed by atoms with Crippen LogP contribution < -0.4 is 20.3 Å². The van der Waals surface area contributed by atoms with E-state index >= 15 is 0 Å². The molecule has 7 nitrogen and oxygen atoms in total. The van der Waals surface area contributed by atoms with Gasteiger partial charge >= 0.3 is 0 Å². The maximum atomic E-state index is 13.0. The van der Waals surface area contributed by atoms with Crippen molar-refractivity contribution in [2.24, 2.45) is 0 Å². The standard InChI is InChI=1S/C20H18FN3O4/c1-27-16-9-15(10-17(11-16)28-2)22-20(26)18-7-8-19(25)24(23-18)12-13-3-5-14(21)6-4-13/h3-11H,12H2,1-2H3,(H,22,26). The van der Waals surface area contributed by atoms with Crippen LogP contribution in [0.1, 0.15) is 16.1 Å². The van der Waals surface area contributed by atoms with Crippen molar-refractivity contribution in [2.75, 3.05) is 19.5 Å². The monoisotopic (exact) mass is 383 g/mol. The van der Waals surface area contributed by atoms with Crippen LogP contribution in [0.5, 0.6) is 11.5 Å². The second-order valence-corrected chi connectivity index (χ2v) is 5.90. The number of benzene rings is 2. The van der Waals surface area contributed by atoms with E-state index in [-0.39, 0.29) is 23.6 Å². The number of aromatic nitrogens is 2. The van der Waals surface area contributed by atoms with Gasteiger partial charge in [-0.05, 0) is 23.8 Å². The van der Waals surface area contributed by atoms with Crippen LogP contribution >= 0.6 is 0 Å². The Labute approximate surface area is 160 Å². The number of nitrogens with zero attached hydrogens (tertiary/aromatic N) is 2. The van der Waals surface area contributed by atoms with Gasteiger partial charge in [-0.15, -0.1) is 0 Å². The molecule has 0 saturated carbocycles. The molecule has 2 aromatic carbocycles. The number of hydrogen-bond donors (Lipinski definition) is 1. The number of carbonyl (C=O) groups is 1. The fourth-order valence-electron chi connectivity index (χ4n) is 2.52. The van der Waals surface area contributed by atoms with Gasteiger partial charge in [0.15, 0.2) is 0 Å². The van der Waals surface area contributed by atoms with E-state index in [0.717, 1.165) is 4.68 Å². The van der Waals surface area contributed by atoms with Crippen molar-refractivity contribution in [3.05, 3.63) is 82.0 Å². The number of amides is 1. The van der Waals surface area contributed by atoms with Gasteiger partial charge in [0.25, 0.3) is 11.5 Å². The molecule has 3 rings (SSSR count). The normalized spacial score (nSPS) is 10.4. The molecule has 0 aliphatic heterocycles. The molecule has 1 amide bonds. The summed E-state index contributed by atoms with van der Waals surface area (Å²) in [5.41, 5.74) is 0.831. The van der Waals surface area contributed by atoms with Gasteiger partial charge in [0.2, 0.25) is 0 Å². The van der Waals surface area contributed by atoms with E-state index < -0.39 is 5.91 Å². The Morgan fingerprint density at radius 3 is 2.29 bits per heavy atom. The Morgan fingerprint density at radius 2 is 1.68 bits per heavy atom. The van der Waals surface area contributed by atoms with E-state index in [2.05, 4.69) is 10.4 Å². The van der Waals surface area contributed by atoms with E-state index in [1.54, 1.807) is 30.3 Å². The van der Waals surface area contributed by atoms with E-state index in [1.807, 2.05) is 0 Å². The van der Waals surface area contributed by atoms with Crippen LogP contribution in [0.15, 0.2) is 59.4 Å². The highest BCUT2D eigenvalue weighted by atomic mass is 19.1. The first-order valence-corrected chi connectivity index (χ1v) is 8.35. The molecule has 144 valence electrons. The third-order valence-electron chi connectivity index (χ3n) is 3.95. The van der Waals surface area contributed by atoms with Gasteiger partial charge in [0, 0.05) is 30.0 Å². The van der Waals surface area contributed by atoms with Gasteiger partial charge in [0.1, 0.15) is 23.0 Å². The molecule has 0 bridgehead atoms. The molecule has 0 radical (unpaired) electrons. The fraction of sp³-hybridized carbons (Fsp3) is 0.150. The van der Waals surface area contributed by atoms with Crippen LogP contribution in [0.25, 0.3) is 0 Å². The molecule has 3 aromatic rings. The third-order valence-corrected chi connectivity index (χ3v) is 3.95. The summed E-state index contributed by atoms with van der Waals surface area (Å²) in [5.74, 6) is 0.168. The van der Waals surface area contributed by atoms with E-state index in [4.69, 9.17) is 9.47 Å². The fourth-order valence-corrected chi connectivity index (χ4v) is 2.52. The maximum absolute atomic E-state index is 13.0. The van der Waals surface area contributed by atoms with Crippen molar-refractivity contribution in [3.8, 4) is 11.5 Å². The molecule has 0 unspecified atom stereocenters. The van der Waals surface area contributed by atoms with Crippen LogP contribution in [0, 0.1) is 5.82 Å². The summed E-state index contributed by atoms with van der Waals surface area (Å²) < 4.78 is 24.5. The summed E-state index contributed by atoms with van der Waals surface area (Å²) in [4.78, 5) is 24.6. The Hall–Kier alpha value is -3.68. The molecule has 0 fully saturated rings. The average molecular weight is 383 g/mol. The molecule has 0 aliphatic rings. The van der Waals surface area contributed by atoms with Crippen molar-refractivity contribution < 1.29 is 18.7 Å². The summed E-state index contributed by atoms with van der Waals surface area (Å²) in [7, 11) is 3.01. The second-order valence-electron chi connectivity index (χ2n) is 5.90. The van der Waals surface area contributed by atoms with Crippen LogP contribution in [0.2, 0.25) is 0 Å². The number of halogens is 1. The SMILES string of the molecule is COc1cc(NC(=O)c2ccc(=O)n(Cc3ccc(F)cc3)n2)cc(OC)c1. The Balaban J connectivity index is 1.82. The van der Waals surface area contributed by atoms with Crippen LogP contribution in [0.3, 0.4) is 0 Å². The van der Waals surface area contributed by atoms with Crippen molar-refractivity contribution in [1.82, 2.24) is 9.78 Å². The average Bonchev–Trinajstić information content (AvgIpc) is 2.70. The Kier molecular flexibility index (Phi) is 5.69. The molecule has 28 heavy (non-hydrogen) atoms. The molecule has 1 heterocycles.